The van der Waals surface area contributed by atoms with Gasteiger partial charge in [-0.3, -0.25) is 10.1 Å². The van der Waals surface area contributed by atoms with E-state index in [0.717, 1.165) is 36.3 Å². The molecule has 0 radical (unpaired) electrons. The van der Waals surface area contributed by atoms with E-state index in [4.69, 9.17) is 26.4 Å². The molecule has 0 saturated carbocycles. The highest BCUT2D eigenvalue weighted by Gasteiger charge is 2.10. The van der Waals surface area contributed by atoms with Gasteiger partial charge in [0.15, 0.2) is 16.6 Å². The molecule has 2 rings (SSSR count). The molecule has 0 aromatic heterocycles. The maximum atomic E-state index is 12.5. The predicted molar refractivity (Wildman–Crippen MR) is 141 cm³/mol. The van der Waals surface area contributed by atoms with Crippen LogP contribution in [0.4, 0.5) is 0 Å². The molecule has 2 aromatic rings. The molecule has 7 heteroatoms. The fourth-order valence-corrected chi connectivity index (χ4v) is 3.43. The summed E-state index contributed by atoms with van der Waals surface area (Å²) in [6, 6.07) is 12.9. The van der Waals surface area contributed by atoms with Crippen molar-refractivity contribution in [1.29, 1.82) is 0 Å². The number of carbonyl (C=O) groups is 1. The quantitative estimate of drug-likeness (QED) is 0.237. The van der Waals surface area contributed by atoms with Gasteiger partial charge in [0.05, 0.1) is 20.3 Å². The Bertz CT molecular complexity index is 887. The number of rotatable bonds is 15. The van der Waals surface area contributed by atoms with Gasteiger partial charge >= 0.3 is 0 Å². The molecule has 0 unspecified atom stereocenters. The standard InChI is InChI=1S/C27H38N2O4S/c1-4-6-8-9-10-18-32-23-14-12-22(13-15-23)26(30)29-27(34)28-20-21-11-16-24(25(19-21)31-3)33-17-7-5-2/h11-16,19H,4-10,17-18,20H2,1-3H3,(H2,28,29,30,34). The van der Waals surface area contributed by atoms with Gasteiger partial charge in [-0.25, -0.2) is 0 Å². The lowest BCUT2D eigenvalue weighted by Gasteiger charge is -2.13. The van der Waals surface area contributed by atoms with Crippen molar-refractivity contribution >= 4 is 23.2 Å². The van der Waals surface area contributed by atoms with E-state index in [-0.39, 0.29) is 11.0 Å². The van der Waals surface area contributed by atoms with Crippen LogP contribution in [0.3, 0.4) is 0 Å². The molecule has 0 spiro atoms. The fraction of sp³-hybridized carbons (Fsp3) is 0.481. The Labute approximate surface area is 209 Å². The van der Waals surface area contributed by atoms with Gasteiger partial charge in [-0.05, 0) is 67.0 Å². The third-order valence-corrected chi connectivity index (χ3v) is 5.54. The van der Waals surface area contributed by atoms with Crippen LogP contribution < -0.4 is 24.8 Å². The van der Waals surface area contributed by atoms with Crippen LogP contribution in [0.15, 0.2) is 42.5 Å². The van der Waals surface area contributed by atoms with Crippen molar-refractivity contribution in [2.45, 2.75) is 65.3 Å². The molecule has 0 saturated heterocycles. The second-order valence-electron chi connectivity index (χ2n) is 8.11. The highest BCUT2D eigenvalue weighted by molar-refractivity contribution is 7.80. The van der Waals surface area contributed by atoms with E-state index < -0.39 is 0 Å². The monoisotopic (exact) mass is 486 g/mol. The van der Waals surface area contributed by atoms with Crippen LogP contribution in [0, 0.1) is 0 Å². The Balaban J connectivity index is 1.76. The summed E-state index contributed by atoms with van der Waals surface area (Å²) in [4.78, 5) is 12.5. The number of benzene rings is 2. The SMILES string of the molecule is CCCCCCCOc1ccc(C(=O)NC(=S)NCc2ccc(OCCCC)c(OC)c2)cc1. The molecule has 0 aliphatic carbocycles. The van der Waals surface area contributed by atoms with E-state index in [9.17, 15) is 4.79 Å². The summed E-state index contributed by atoms with van der Waals surface area (Å²) in [5.41, 5.74) is 1.49. The molecule has 2 aromatic carbocycles. The summed E-state index contributed by atoms with van der Waals surface area (Å²) >= 11 is 5.29. The lowest BCUT2D eigenvalue weighted by Crippen LogP contribution is -2.38. The number of methoxy groups -OCH3 is 1. The Morgan fingerprint density at radius 3 is 2.26 bits per heavy atom. The van der Waals surface area contributed by atoms with Crippen molar-refractivity contribution < 1.29 is 19.0 Å². The van der Waals surface area contributed by atoms with Crippen LogP contribution >= 0.6 is 12.2 Å². The zero-order chi connectivity index (χ0) is 24.6. The molecule has 0 bridgehead atoms. The van der Waals surface area contributed by atoms with E-state index in [1.54, 1.807) is 19.2 Å². The summed E-state index contributed by atoms with van der Waals surface area (Å²) in [7, 11) is 1.62. The van der Waals surface area contributed by atoms with Gasteiger partial charge in [0.2, 0.25) is 0 Å². The summed E-state index contributed by atoms with van der Waals surface area (Å²) in [6.07, 6.45) is 8.05. The van der Waals surface area contributed by atoms with Crippen molar-refractivity contribution in [2.24, 2.45) is 0 Å². The van der Waals surface area contributed by atoms with E-state index in [2.05, 4.69) is 24.5 Å². The number of unbranched alkanes of at least 4 members (excludes halogenated alkanes) is 5. The van der Waals surface area contributed by atoms with E-state index in [1.165, 1.54) is 25.7 Å². The minimum atomic E-state index is -0.263. The van der Waals surface area contributed by atoms with Crippen LogP contribution in [-0.4, -0.2) is 31.3 Å². The van der Waals surface area contributed by atoms with Crippen LogP contribution in [0.25, 0.3) is 0 Å². The average Bonchev–Trinajstić information content (AvgIpc) is 2.85. The number of amides is 1. The minimum Gasteiger partial charge on any atom is -0.494 e. The van der Waals surface area contributed by atoms with E-state index in [1.807, 2.05) is 30.3 Å². The van der Waals surface area contributed by atoms with Gasteiger partial charge in [-0.15, -0.1) is 0 Å². The molecular weight excluding hydrogens is 448 g/mol. The molecule has 6 nitrogen and oxygen atoms in total. The average molecular weight is 487 g/mol. The minimum absolute atomic E-state index is 0.263. The summed E-state index contributed by atoms with van der Waals surface area (Å²) in [5.74, 6) is 1.90. The lowest BCUT2D eigenvalue weighted by molar-refractivity contribution is 0.0976. The molecule has 0 aliphatic heterocycles. The van der Waals surface area contributed by atoms with Crippen molar-refractivity contribution in [3.8, 4) is 17.2 Å². The first-order valence-corrected chi connectivity index (χ1v) is 12.6. The van der Waals surface area contributed by atoms with Crippen LogP contribution in [-0.2, 0) is 6.54 Å². The van der Waals surface area contributed by atoms with Crippen LogP contribution in [0.2, 0.25) is 0 Å². The topological polar surface area (TPSA) is 68.8 Å². The Hall–Kier alpha value is -2.80. The maximum absolute atomic E-state index is 12.5. The predicted octanol–water partition coefficient (Wildman–Crippen LogP) is 6.03. The number of thiocarbonyl (C=S) groups is 1. The zero-order valence-electron chi connectivity index (χ0n) is 20.7. The molecule has 1 amide bonds. The number of hydrogen-bond acceptors (Lipinski definition) is 5. The van der Waals surface area contributed by atoms with Gasteiger partial charge in [0, 0.05) is 12.1 Å². The summed E-state index contributed by atoms with van der Waals surface area (Å²) < 4.78 is 17.0. The molecule has 0 fully saturated rings. The van der Waals surface area contributed by atoms with Crippen LogP contribution in [0.1, 0.15) is 74.7 Å². The summed E-state index contributed by atoms with van der Waals surface area (Å²) in [6.45, 7) is 6.14. The second kappa shape index (κ2) is 15.9. The highest BCUT2D eigenvalue weighted by Crippen LogP contribution is 2.28. The number of hydrogen-bond donors (Lipinski definition) is 2. The fourth-order valence-electron chi connectivity index (χ4n) is 3.27. The highest BCUT2D eigenvalue weighted by atomic mass is 32.1. The summed E-state index contributed by atoms with van der Waals surface area (Å²) in [5, 5.41) is 6.04. The molecule has 34 heavy (non-hydrogen) atoms. The van der Waals surface area contributed by atoms with E-state index >= 15 is 0 Å². The van der Waals surface area contributed by atoms with Crippen LogP contribution in [0.5, 0.6) is 17.2 Å². The van der Waals surface area contributed by atoms with Crippen molar-refractivity contribution in [1.82, 2.24) is 10.6 Å². The van der Waals surface area contributed by atoms with Gasteiger partial charge in [-0.2, -0.15) is 0 Å². The Morgan fingerprint density at radius 1 is 0.853 bits per heavy atom. The number of carbonyl (C=O) groups excluding carboxylic acids is 1. The first-order chi connectivity index (χ1) is 16.6. The van der Waals surface area contributed by atoms with Gasteiger partial charge < -0.3 is 19.5 Å². The first kappa shape index (κ1) is 27.4. The molecule has 0 atom stereocenters. The molecule has 0 heterocycles. The molecule has 186 valence electrons. The third-order valence-electron chi connectivity index (χ3n) is 5.30. The third kappa shape index (κ3) is 10.00. The van der Waals surface area contributed by atoms with Crippen molar-refractivity contribution in [2.75, 3.05) is 20.3 Å². The number of ether oxygens (including phenoxy) is 3. The van der Waals surface area contributed by atoms with Crippen molar-refractivity contribution in [3.63, 3.8) is 0 Å². The molecule has 2 N–H and O–H groups in total. The zero-order valence-corrected chi connectivity index (χ0v) is 21.5. The van der Waals surface area contributed by atoms with Crippen molar-refractivity contribution in [3.05, 3.63) is 53.6 Å². The molecular formula is C27H38N2O4S. The van der Waals surface area contributed by atoms with Gasteiger partial charge in [-0.1, -0.05) is 52.0 Å². The lowest BCUT2D eigenvalue weighted by atomic mass is 10.2. The normalized spacial score (nSPS) is 10.4. The Morgan fingerprint density at radius 2 is 1.56 bits per heavy atom. The second-order valence-corrected chi connectivity index (χ2v) is 8.52. The maximum Gasteiger partial charge on any atom is 0.257 e. The smallest absolute Gasteiger partial charge is 0.257 e. The molecule has 0 aliphatic rings. The number of nitrogens with one attached hydrogen (secondary N) is 2. The van der Waals surface area contributed by atoms with Gasteiger partial charge in [0.1, 0.15) is 5.75 Å². The van der Waals surface area contributed by atoms with E-state index in [0.29, 0.717) is 31.1 Å². The van der Waals surface area contributed by atoms with Gasteiger partial charge in [0.25, 0.3) is 5.91 Å². The Kier molecular flexibility index (Phi) is 12.9. The first-order valence-electron chi connectivity index (χ1n) is 12.2. The largest absolute Gasteiger partial charge is 0.494 e.